The van der Waals surface area contributed by atoms with Crippen molar-refractivity contribution in [3.63, 3.8) is 0 Å². The molecule has 0 amide bonds. The van der Waals surface area contributed by atoms with Gasteiger partial charge in [0.25, 0.3) is 0 Å². The van der Waals surface area contributed by atoms with Gasteiger partial charge in [0.15, 0.2) is 0 Å². The highest BCUT2D eigenvalue weighted by molar-refractivity contribution is 5.74. The van der Waals surface area contributed by atoms with E-state index in [0.29, 0.717) is 0 Å². The second-order valence-corrected chi connectivity index (χ2v) is 5.28. The minimum atomic E-state index is 0.828. The number of hydrogen-bond donors (Lipinski definition) is 2. The van der Waals surface area contributed by atoms with Crippen molar-refractivity contribution in [3.05, 3.63) is 95.6 Å². The predicted molar refractivity (Wildman–Crippen MR) is 112 cm³/mol. The number of hydrogen-bond acceptors (Lipinski definition) is 2. The van der Waals surface area contributed by atoms with Crippen molar-refractivity contribution in [3.8, 4) is 0 Å². The maximum Gasteiger partial charge on any atom is 0.0520 e. The van der Waals surface area contributed by atoms with Gasteiger partial charge in [-0.05, 0) is 42.5 Å². The molecule has 2 aromatic carbocycles. The molecule has 0 aliphatic heterocycles. The standard InChI is InChI=1S/C21H24N2.C2H6/c1-3-9-18(4-2)20-13-8-10-17(16-20)14-15-21(23-22)19-11-6-5-7-12-19;1-2/h3-13,15-16,23H,14,22H2,1-2H3;1-2H3/b9-3-,18-4+,21-15-;. The van der Waals surface area contributed by atoms with Gasteiger partial charge in [-0.3, -0.25) is 5.84 Å². The molecule has 0 aromatic heterocycles. The summed E-state index contributed by atoms with van der Waals surface area (Å²) in [5.74, 6) is 5.67. The van der Waals surface area contributed by atoms with Gasteiger partial charge in [0, 0.05) is 0 Å². The molecule has 2 rings (SSSR count). The lowest BCUT2D eigenvalue weighted by Crippen LogP contribution is -2.20. The molecule has 0 aliphatic rings. The summed E-state index contributed by atoms with van der Waals surface area (Å²) in [7, 11) is 0. The average Bonchev–Trinajstić information content (AvgIpc) is 2.69. The summed E-state index contributed by atoms with van der Waals surface area (Å²) in [6.45, 7) is 8.10. The average molecular weight is 335 g/mol. The fraction of sp³-hybridized carbons (Fsp3) is 0.217. The highest BCUT2D eigenvalue weighted by Crippen LogP contribution is 2.19. The fourth-order valence-corrected chi connectivity index (χ4v) is 2.51. The summed E-state index contributed by atoms with van der Waals surface area (Å²) < 4.78 is 0. The van der Waals surface area contributed by atoms with Crippen molar-refractivity contribution in [1.29, 1.82) is 0 Å². The van der Waals surface area contributed by atoms with E-state index >= 15 is 0 Å². The molecular formula is C23H30N2. The van der Waals surface area contributed by atoms with Crippen LogP contribution in [-0.2, 0) is 6.42 Å². The van der Waals surface area contributed by atoms with E-state index in [-0.39, 0.29) is 0 Å². The maximum absolute atomic E-state index is 5.67. The zero-order valence-electron chi connectivity index (χ0n) is 15.8. The molecule has 0 saturated carbocycles. The SMILES string of the molecule is C/C=C\C(=C/C)c1cccc(C/C=C(\NN)c2ccccc2)c1.CC. The van der Waals surface area contributed by atoms with E-state index in [1.165, 1.54) is 16.7 Å². The van der Waals surface area contributed by atoms with E-state index in [9.17, 15) is 0 Å². The first-order valence-corrected chi connectivity index (χ1v) is 8.89. The van der Waals surface area contributed by atoms with Crippen LogP contribution in [0, 0.1) is 0 Å². The molecule has 3 N–H and O–H groups in total. The molecule has 0 radical (unpaired) electrons. The van der Waals surface area contributed by atoms with E-state index in [0.717, 1.165) is 17.7 Å². The van der Waals surface area contributed by atoms with E-state index in [1.807, 2.05) is 51.1 Å². The largest absolute Gasteiger partial charge is 0.324 e. The highest BCUT2D eigenvalue weighted by atomic mass is 15.2. The first-order chi connectivity index (χ1) is 12.3. The fourth-order valence-electron chi connectivity index (χ4n) is 2.51. The number of allylic oxidation sites excluding steroid dienone is 5. The normalized spacial score (nSPS) is 11.9. The number of benzene rings is 2. The van der Waals surface area contributed by atoms with Crippen molar-refractivity contribution in [2.75, 3.05) is 0 Å². The lowest BCUT2D eigenvalue weighted by molar-refractivity contribution is 0.983. The molecule has 0 atom stereocenters. The Balaban J connectivity index is 0.00000151. The van der Waals surface area contributed by atoms with Gasteiger partial charge in [0.2, 0.25) is 0 Å². The first-order valence-electron chi connectivity index (χ1n) is 8.89. The number of nitrogens with two attached hydrogens (primary N) is 1. The molecule has 25 heavy (non-hydrogen) atoms. The highest BCUT2D eigenvalue weighted by Gasteiger charge is 2.01. The lowest BCUT2D eigenvalue weighted by Gasteiger charge is -2.08. The topological polar surface area (TPSA) is 38.0 Å². The zero-order chi connectivity index (χ0) is 18.5. The Labute approximate surface area is 152 Å². The van der Waals surface area contributed by atoms with E-state index in [1.54, 1.807) is 0 Å². The van der Waals surface area contributed by atoms with Crippen LogP contribution in [0.15, 0.2) is 78.9 Å². The van der Waals surface area contributed by atoms with Gasteiger partial charge in [0.1, 0.15) is 0 Å². The number of nitrogens with one attached hydrogen (secondary N) is 1. The van der Waals surface area contributed by atoms with Gasteiger partial charge in [-0.25, -0.2) is 0 Å². The summed E-state index contributed by atoms with van der Waals surface area (Å²) in [4.78, 5) is 0. The first kappa shape index (κ1) is 20.5. The predicted octanol–water partition coefficient (Wildman–Crippen LogP) is 5.74. The second-order valence-electron chi connectivity index (χ2n) is 5.28. The molecule has 2 nitrogen and oxygen atoms in total. The summed E-state index contributed by atoms with van der Waals surface area (Å²) in [6, 6.07) is 18.7. The van der Waals surface area contributed by atoms with Crippen LogP contribution in [0.1, 0.15) is 44.4 Å². The van der Waals surface area contributed by atoms with Gasteiger partial charge in [-0.2, -0.15) is 0 Å². The molecule has 0 unspecified atom stereocenters. The van der Waals surface area contributed by atoms with Gasteiger partial charge in [0.05, 0.1) is 5.70 Å². The minimum Gasteiger partial charge on any atom is -0.324 e. The van der Waals surface area contributed by atoms with Gasteiger partial charge < -0.3 is 5.43 Å². The molecular weight excluding hydrogens is 304 g/mol. The second kappa shape index (κ2) is 11.9. The quantitative estimate of drug-likeness (QED) is 0.401. The monoisotopic (exact) mass is 334 g/mol. The molecule has 2 heteroatoms. The van der Waals surface area contributed by atoms with E-state index < -0.39 is 0 Å². The third-order valence-electron chi connectivity index (χ3n) is 3.70. The Morgan fingerprint density at radius 1 is 0.960 bits per heavy atom. The third-order valence-corrected chi connectivity index (χ3v) is 3.70. The molecule has 0 aliphatic carbocycles. The Morgan fingerprint density at radius 2 is 1.64 bits per heavy atom. The van der Waals surface area contributed by atoms with Crippen molar-refractivity contribution >= 4 is 11.3 Å². The molecule has 0 bridgehead atoms. The molecule has 0 heterocycles. The van der Waals surface area contributed by atoms with Crippen LogP contribution >= 0.6 is 0 Å². The molecule has 2 aromatic rings. The number of hydrazine groups is 1. The van der Waals surface area contributed by atoms with Crippen LogP contribution in [-0.4, -0.2) is 0 Å². The molecule has 0 fully saturated rings. The Kier molecular flexibility index (Phi) is 9.72. The zero-order valence-corrected chi connectivity index (χ0v) is 15.8. The van der Waals surface area contributed by atoms with Gasteiger partial charge in [-0.15, -0.1) is 0 Å². The Bertz CT molecular complexity index is 710. The van der Waals surface area contributed by atoms with Crippen molar-refractivity contribution in [2.45, 2.75) is 34.1 Å². The summed E-state index contributed by atoms with van der Waals surface area (Å²) in [5.41, 5.74) is 8.56. The summed E-state index contributed by atoms with van der Waals surface area (Å²) in [5, 5.41) is 0. The summed E-state index contributed by atoms with van der Waals surface area (Å²) >= 11 is 0. The Morgan fingerprint density at radius 3 is 2.24 bits per heavy atom. The molecule has 0 saturated heterocycles. The molecule has 132 valence electrons. The van der Waals surface area contributed by atoms with Crippen molar-refractivity contribution < 1.29 is 0 Å². The van der Waals surface area contributed by atoms with Gasteiger partial charge in [-0.1, -0.05) is 92.7 Å². The van der Waals surface area contributed by atoms with Crippen LogP contribution < -0.4 is 11.3 Å². The van der Waals surface area contributed by atoms with Crippen LogP contribution in [0.4, 0.5) is 0 Å². The van der Waals surface area contributed by atoms with E-state index in [2.05, 4.69) is 60.9 Å². The van der Waals surface area contributed by atoms with Crippen LogP contribution in [0.5, 0.6) is 0 Å². The van der Waals surface area contributed by atoms with Gasteiger partial charge >= 0.3 is 0 Å². The molecule has 0 spiro atoms. The number of rotatable bonds is 6. The van der Waals surface area contributed by atoms with Crippen LogP contribution in [0.25, 0.3) is 11.3 Å². The van der Waals surface area contributed by atoms with Crippen LogP contribution in [0.3, 0.4) is 0 Å². The van der Waals surface area contributed by atoms with Crippen molar-refractivity contribution in [1.82, 2.24) is 5.43 Å². The van der Waals surface area contributed by atoms with Crippen molar-refractivity contribution in [2.24, 2.45) is 5.84 Å². The van der Waals surface area contributed by atoms with Crippen LogP contribution in [0.2, 0.25) is 0 Å². The smallest absolute Gasteiger partial charge is 0.0520 e. The third kappa shape index (κ3) is 6.44. The minimum absolute atomic E-state index is 0.828. The lowest BCUT2D eigenvalue weighted by atomic mass is 10.0. The summed E-state index contributed by atoms with van der Waals surface area (Å²) in [6.07, 6.45) is 9.28. The maximum atomic E-state index is 5.67. The Hall–Kier alpha value is -2.58. The van der Waals surface area contributed by atoms with E-state index in [4.69, 9.17) is 5.84 Å².